The third kappa shape index (κ3) is 89.8. The maximum Gasteiger partial charge on any atom is 0.331 e. The van der Waals surface area contributed by atoms with E-state index in [9.17, 15) is 58.2 Å². The molecular formula is C67H124O32. The summed E-state index contributed by atoms with van der Waals surface area (Å²) in [7, 11) is 0. The molecular weight excluding hydrogens is 1320 g/mol. The van der Waals surface area contributed by atoms with Gasteiger partial charge in [-0.2, -0.15) is 0 Å². The van der Waals surface area contributed by atoms with E-state index < -0.39 is 103 Å². The van der Waals surface area contributed by atoms with Crippen LogP contribution in [-0.2, 0) is 105 Å². The van der Waals surface area contributed by atoms with E-state index in [1.54, 1.807) is 12.2 Å². The van der Waals surface area contributed by atoms with E-state index in [1.165, 1.54) is 24.3 Å². The summed E-state index contributed by atoms with van der Waals surface area (Å²) in [5.74, 6) is 1.60. The zero-order valence-electron chi connectivity index (χ0n) is 49.7. The lowest BCUT2D eigenvalue weighted by atomic mass is 9.88. The molecule has 0 fully saturated rings. The predicted molar refractivity (Wildman–Crippen MR) is 371 cm³/mol. The van der Waals surface area contributed by atoms with E-state index in [0.717, 1.165) is 24.3 Å². The first-order chi connectivity index (χ1) is 42.7. The molecule has 2 atom stereocenters. The Kier molecular flexibility index (Phi) is 121. The van der Waals surface area contributed by atoms with Gasteiger partial charge in [-0.25, -0.2) is 19.2 Å². The molecule has 0 aromatic rings. The molecule has 584 valence electrons. The van der Waals surface area contributed by atoms with Gasteiger partial charge in [0.05, 0.1) is 76.9 Å². The molecule has 0 aromatic heterocycles. The summed E-state index contributed by atoms with van der Waals surface area (Å²) in [4.78, 5) is 110. The second-order valence-electron chi connectivity index (χ2n) is 16.1. The van der Waals surface area contributed by atoms with Crippen LogP contribution in [0.5, 0.6) is 0 Å². The Labute approximate surface area is 588 Å². The minimum Gasteiger partial charge on any atom is -0.464 e. The Morgan fingerprint density at radius 2 is 0.636 bits per heavy atom. The van der Waals surface area contributed by atoms with Gasteiger partial charge in [0.15, 0.2) is 26.8 Å². The van der Waals surface area contributed by atoms with Gasteiger partial charge in [-0.3, -0.25) is 28.8 Å². The van der Waals surface area contributed by atoms with Crippen LogP contribution in [-0.4, -0.2) is 256 Å². The van der Waals surface area contributed by atoms with Gasteiger partial charge in [-0.1, -0.05) is 136 Å². The van der Waals surface area contributed by atoms with Gasteiger partial charge in [0.25, 0.3) is 0 Å². The Bertz CT molecular complexity index is 2090. The number of hydrogen-bond donors (Lipinski definition) is 10. The van der Waals surface area contributed by atoms with Gasteiger partial charge in [0.1, 0.15) is 72.1 Å². The third-order valence-electron chi connectivity index (χ3n) is 9.44. The minimum absolute atomic E-state index is 0. The van der Waals surface area contributed by atoms with E-state index in [2.05, 4.69) is 74.7 Å². The van der Waals surface area contributed by atoms with E-state index in [4.69, 9.17) is 59.8 Å². The summed E-state index contributed by atoms with van der Waals surface area (Å²) in [5.41, 5.74) is -1.47. The number of rotatable bonds is 40. The fourth-order valence-electron chi connectivity index (χ4n) is 4.64. The monoisotopic (exact) mass is 1440 g/mol. The number of aliphatic hydroxyl groups is 10. The first-order valence-corrected chi connectivity index (χ1v) is 26.3. The highest BCUT2D eigenvalue weighted by Crippen LogP contribution is 2.24. The fraction of sp³-hybridized carbons (Fsp3) is 0.612. The number of esters is 10. The van der Waals surface area contributed by atoms with Gasteiger partial charge in [-0.05, 0) is 25.0 Å². The maximum absolute atomic E-state index is 12.0. The number of carbonyl (C=O) groups excluding carboxylic acids is 10. The number of ether oxygens (including phenoxy) is 12. The second-order valence-corrected chi connectivity index (χ2v) is 16.1. The summed E-state index contributed by atoms with van der Waals surface area (Å²) in [6, 6.07) is 0. The van der Waals surface area contributed by atoms with Crippen LogP contribution in [0.25, 0.3) is 0 Å². The predicted octanol–water partition coefficient (Wildman–Crippen LogP) is 3.16. The van der Waals surface area contributed by atoms with Crippen LogP contribution >= 0.6 is 0 Å². The van der Waals surface area contributed by atoms with Gasteiger partial charge < -0.3 is 108 Å². The van der Waals surface area contributed by atoms with Crippen LogP contribution in [0, 0.1) is 34.5 Å². The van der Waals surface area contributed by atoms with Crippen molar-refractivity contribution in [2.75, 3.05) is 146 Å². The van der Waals surface area contributed by atoms with E-state index >= 15 is 0 Å². The van der Waals surface area contributed by atoms with Gasteiger partial charge >= 0.3 is 59.7 Å². The summed E-state index contributed by atoms with van der Waals surface area (Å²) in [6.07, 6.45) is 12.0. The highest BCUT2D eigenvalue weighted by molar-refractivity contribution is 5.93. The topological polar surface area (TPSA) is 484 Å². The molecule has 0 aliphatic carbocycles. The molecule has 0 aliphatic rings. The second kappa shape index (κ2) is 94.0. The van der Waals surface area contributed by atoms with Crippen molar-refractivity contribution in [3.63, 3.8) is 0 Å². The molecule has 32 heteroatoms. The van der Waals surface area contributed by atoms with Crippen LogP contribution in [0.3, 0.4) is 0 Å². The number of carbonyl (C=O) groups is 10. The highest BCUT2D eigenvalue weighted by Gasteiger charge is 2.32. The molecule has 0 bridgehead atoms. The first kappa shape index (κ1) is 127. The Morgan fingerprint density at radius 3 is 0.879 bits per heavy atom. The molecule has 0 aromatic carbocycles. The molecule has 0 heterocycles. The average Bonchev–Trinajstić information content (AvgIpc) is 0.890. The van der Waals surface area contributed by atoms with Crippen LogP contribution in [0.15, 0.2) is 73.9 Å². The molecule has 0 aliphatic heterocycles. The van der Waals surface area contributed by atoms with Gasteiger partial charge in [0.2, 0.25) is 0 Å². The van der Waals surface area contributed by atoms with Crippen LogP contribution in [0.1, 0.15) is 120 Å². The fourth-order valence-corrected chi connectivity index (χ4v) is 4.64. The van der Waals surface area contributed by atoms with Crippen molar-refractivity contribution in [3.8, 4) is 23.7 Å². The summed E-state index contributed by atoms with van der Waals surface area (Å²) in [5, 5.41) is 85.4. The Balaban J connectivity index is -0.0000000692. The molecule has 0 spiro atoms. The first-order valence-electron chi connectivity index (χ1n) is 26.3. The van der Waals surface area contributed by atoms with Crippen LogP contribution < -0.4 is 0 Å². The molecule has 0 rings (SSSR count). The van der Waals surface area contributed by atoms with Crippen molar-refractivity contribution in [1.82, 2.24) is 0 Å². The lowest BCUT2D eigenvalue weighted by Gasteiger charge is -2.30. The zero-order chi connectivity index (χ0) is 68.3. The van der Waals surface area contributed by atoms with Gasteiger partial charge in [-0.15, -0.1) is 13.2 Å². The Hall–Kier alpha value is -8.22. The lowest BCUT2D eigenvalue weighted by Crippen LogP contribution is -2.38. The van der Waals surface area contributed by atoms with Crippen LogP contribution in [0.4, 0.5) is 0 Å². The molecule has 10 N–H and O–H groups in total. The molecule has 0 saturated carbocycles. The Morgan fingerprint density at radius 1 is 0.354 bits per heavy atom. The SMILES string of the molecule is C.C.C.C.C.C.C.C.C.C.C=CCOCC(CC)(CO)COC(=O)CC(=O)OCC(CC)(CO)COCC=C.O=C(C=CC(=O)OCC=CCO)OCC=CCO.O=C(C=CC(=O)OCCO)OCCO.O=C(CC(=O)OCC#CCO)OCC#CCO.O=C(CC(=O)OCO)OCO. The molecule has 0 saturated heterocycles. The minimum atomic E-state index is -0.897. The lowest BCUT2D eigenvalue weighted by molar-refractivity contribution is -0.164. The largest absolute Gasteiger partial charge is 0.464 e. The highest BCUT2D eigenvalue weighted by atomic mass is 16.6. The molecule has 2 unspecified atom stereocenters. The molecule has 0 radical (unpaired) electrons. The number of hydrogen-bond acceptors (Lipinski definition) is 32. The molecule has 32 nitrogen and oxygen atoms in total. The van der Waals surface area contributed by atoms with Crippen molar-refractivity contribution in [2.24, 2.45) is 10.8 Å². The van der Waals surface area contributed by atoms with Gasteiger partial charge in [0, 0.05) is 24.3 Å². The standard InChI is InChI=1S/C21H36O8.C12H16O6.C11H12O6.C8H12O6.C5H8O6.10CH4/c1-5-9-26-14-20(7-3,12-22)16-28-18(24)11-19(25)29-17-21(8-4,13-23)15-27-10-6-2;13-7-1-3-9-17-11(15)5-6-12(16)18-10-4-2-8-14;12-5-1-3-7-16-10(14)9-11(15)17-8-4-2-6-13;9-3-5-13-7(11)1-2-8(12)14-6-4-10;6-2-10-4(8)1-5(9)11-3-7;;;;;;;;;;/h5-6,22-23H,1-2,7-17H2,3-4H3;1-6,13-14H,7-10H2;12-13H,5-9H2;1-2,9-10H,3-6H2;6-7H,1-3H2;10*1H4. The summed E-state index contributed by atoms with van der Waals surface area (Å²) < 4.78 is 56.3. The van der Waals surface area contributed by atoms with E-state index in [-0.39, 0.29) is 193 Å². The van der Waals surface area contributed by atoms with Crippen molar-refractivity contribution in [1.29, 1.82) is 0 Å². The van der Waals surface area contributed by atoms with E-state index in [1.807, 2.05) is 13.8 Å². The molecule has 99 heavy (non-hydrogen) atoms. The quantitative estimate of drug-likeness (QED) is 0.00615. The third-order valence-corrected chi connectivity index (χ3v) is 9.44. The average molecular weight is 1440 g/mol. The van der Waals surface area contributed by atoms with Crippen LogP contribution in [0.2, 0.25) is 0 Å². The maximum atomic E-state index is 12.0. The van der Waals surface area contributed by atoms with E-state index in [0.29, 0.717) is 26.1 Å². The smallest absolute Gasteiger partial charge is 0.331 e. The van der Waals surface area contributed by atoms with Crippen molar-refractivity contribution in [3.05, 3.63) is 73.9 Å². The number of aliphatic hydroxyl groups excluding tert-OH is 10. The zero-order valence-corrected chi connectivity index (χ0v) is 49.7. The summed E-state index contributed by atoms with van der Waals surface area (Å²) in [6.45, 7) is 7.74. The molecule has 0 amide bonds. The van der Waals surface area contributed by atoms with Crippen molar-refractivity contribution in [2.45, 2.75) is 120 Å². The van der Waals surface area contributed by atoms with Crippen molar-refractivity contribution >= 4 is 59.7 Å². The summed E-state index contributed by atoms with van der Waals surface area (Å²) >= 11 is 0. The van der Waals surface area contributed by atoms with Crippen molar-refractivity contribution < 1.29 is 156 Å². The normalized spacial score (nSPS) is 10.3.